The van der Waals surface area contributed by atoms with Crippen molar-refractivity contribution in [2.45, 2.75) is 19.4 Å². The molecule has 0 aliphatic heterocycles. The monoisotopic (exact) mass is 377 g/mol. The Morgan fingerprint density at radius 3 is 2.38 bits per heavy atom. The van der Waals surface area contributed by atoms with Crippen LogP contribution >= 0.6 is 11.6 Å². The number of ether oxygens (including phenoxy) is 3. The molecule has 0 N–H and O–H groups in total. The first-order chi connectivity index (χ1) is 12.5. The highest BCUT2D eigenvalue weighted by Crippen LogP contribution is 2.24. The summed E-state index contributed by atoms with van der Waals surface area (Å²) < 4.78 is 16.1. The van der Waals surface area contributed by atoms with Crippen LogP contribution in [0.3, 0.4) is 0 Å². The van der Waals surface area contributed by atoms with Crippen molar-refractivity contribution in [2.24, 2.45) is 0 Å². The number of carbonyl (C=O) groups excluding carboxylic acids is 1. The second-order valence-electron chi connectivity index (χ2n) is 5.83. The molecule has 1 amide bonds. The molecule has 26 heavy (non-hydrogen) atoms. The van der Waals surface area contributed by atoms with Crippen LogP contribution in [0.5, 0.6) is 17.2 Å². The Morgan fingerprint density at radius 1 is 1.04 bits per heavy atom. The zero-order valence-electron chi connectivity index (χ0n) is 15.3. The smallest absolute Gasteiger partial charge is 0.222 e. The molecule has 0 aliphatic rings. The second-order valence-corrected chi connectivity index (χ2v) is 6.27. The Labute approximate surface area is 159 Å². The first-order valence-corrected chi connectivity index (χ1v) is 8.74. The highest BCUT2D eigenvalue weighted by atomic mass is 35.5. The maximum Gasteiger partial charge on any atom is 0.222 e. The summed E-state index contributed by atoms with van der Waals surface area (Å²) in [6.45, 7) is 0.925. The van der Waals surface area contributed by atoms with Crippen LogP contribution in [-0.4, -0.2) is 38.7 Å². The minimum atomic E-state index is 0.0466. The van der Waals surface area contributed by atoms with E-state index < -0.39 is 0 Å². The van der Waals surface area contributed by atoms with Crippen molar-refractivity contribution >= 4 is 17.5 Å². The number of halogens is 1. The summed E-state index contributed by atoms with van der Waals surface area (Å²) in [5.41, 5.74) is 0.880. The Hall–Kier alpha value is -2.40. The van der Waals surface area contributed by atoms with Gasteiger partial charge in [0.1, 0.15) is 17.2 Å². The first-order valence-electron chi connectivity index (χ1n) is 8.36. The Bertz CT molecular complexity index is 718. The van der Waals surface area contributed by atoms with E-state index in [1.165, 1.54) is 0 Å². The van der Waals surface area contributed by atoms with Gasteiger partial charge in [-0.3, -0.25) is 4.79 Å². The van der Waals surface area contributed by atoms with Gasteiger partial charge in [-0.25, -0.2) is 0 Å². The summed E-state index contributed by atoms with van der Waals surface area (Å²) in [6.07, 6.45) is 1.05. The van der Waals surface area contributed by atoms with Gasteiger partial charge >= 0.3 is 0 Å². The van der Waals surface area contributed by atoms with Gasteiger partial charge in [0.2, 0.25) is 5.91 Å². The van der Waals surface area contributed by atoms with Crippen molar-refractivity contribution in [3.63, 3.8) is 0 Å². The summed E-state index contributed by atoms with van der Waals surface area (Å²) >= 11 is 6.03. The lowest BCUT2D eigenvalue weighted by Gasteiger charge is -2.19. The van der Waals surface area contributed by atoms with Crippen LogP contribution in [0.25, 0.3) is 0 Å². The van der Waals surface area contributed by atoms with E-state index in [1.54, 1.807) is 38.3 Å². The van der Waals surface area contributed by atoms with Crippen LogP contribution in [-0.2, 0) is 11.3 Å². The third kappa shape index (κ3) is 5.85. The van der Waals surface area contributed by atoms with Crippen molar-refractivity contribution < 1.29 is 19.0 Å². The molecule has 2 rings (SSSR count). The van der Waals surface area contributed by atoms with E-state index in [2.05, 4.69) is 0 Å². The van der Waals surface area contributed by atoms with Crippen molar-refractivity contribution in [1.29, 1.82) is 0 Å². The standard InChI is InChI=1S/C20H24ClNO4/c1-22(14-15-13-16(21)6-11-19(15)25-3)20(23)5-4-12-26-18-9-7-17(24-2)8-10-18/h6-11,13H,4-5,12,14H2,1-3H3. The second kappa shape index (κ2) is 9.92. The largest absolute Gasteiger partial charge is 0.497 e. The lowest BCUT2D eigenvalue weighted by molar-refractivity contribution is -0.130. The predicted octanol–water partition coefficient (Wildman–Crippen LogP) is 4.17. The van der Waals surface area contributed by atoms with E-state index in [-0.39, 0.29) is 5.91 Å². The fourth-order valence-electron chi connectivity index (χ4n) is 2.49. The molecule has 2 aromatic carbocycles. The van der Waals surface area contributed by atoms with Gasteiger partial charge in [0, 0.05) is 30.6 Å². The summed E-state index contributed by atoms with van der Waals surface area (Å²) in [5.74, 6) is 2.31. The van der Waals surface area contributed by atoms with Crippen LogP contribution < -0.4 is 14.2 Å². The zero-order chi connectivity index (χ0) is 18.9. The highest BCUT2D eigenvalue weighted by Gasteiger charge is 2.12. The lowest BCUT2D eigenvalue weighted by Crippen LogP contribution is -2.26. The Morgan fingerprint density at radius 2 is 1.73 bits per heavy atom. The molecule has 2 aromatic rings. The number of amides is 1. The maximum atomic E-state index is 12.3. The number of hydrogen-bond acceptors (Lipinski definition) is 4. The average Bonchev–Trinajstić information content (AvgIpc) is 2.65. The molecule has 6 heteroatoms. The predicted molar refractivity (Wildman–Crippen MR) is 102 cm³/mol. The number of rotatable bonds is 9. The highest BCUT2D eigenvalue weighted by molar-refractivity contribution is 6.30. The van der Waals surface area contributed by atoms with Gasteiger partial charge in [-0.05, 0) is 48.9 Å². The quantitative estimate of drug-likeness (QED) is 0.615. The van der Waals surface area contributed by atoms with E-state index in [9.17, 15) is 4.79 Å². The molecule has 140 valence electrons. The topological polar surface area (TPSA) is 48.0 Å². The van der Waals surface area contributed by atoms with Crippen molar-refractivity contribution in [2.75, 3.05) is 27.9 Å². The van der Waals surface area contributed by atoms with E-state index in [4.69, 9.17) is 25.8 Å². The maximum absolute atomic E-state index is 12.3. The number of nitrogens with zero attached hydrogens (tertiary/aromatic N) is 1. The minimum absolute atomic E-state index is 0.0466. The van der Waals surface area contributed by atoms with E-state index in [0.717, 1.165) is 22.8 Å². The summed E-state index contributed by atoms with van der Waals surface area (Å²) in [5, 5.41) is 0.620. The summed E-state index contributed by atoms with van der Waals surface area (Å²) in [7, 11) is 5.00. The van der Waals surface area contributed by atoms with Gasteiger partial charge in [-0.1, -0.05) is 11.6 Å². The molecule has 0 spiro atoms. The van der Waals surface area contributed by atoms with E-state index in [1.807, 2.05) is 30.3 Å². The van der Waals surface area contributed by atoms with E-state index in [0.29, 0.717) is 31.0 Å². The van der Waals surface area contributed by atoms with Crippen molar-refractivity contribution in [3.8, 4) is 17.2 Å². The average molecular weight is 378 g/mol. The molecule has 0 atom stereocenters. The first kappa shape index (κ1) is 19.9. The number of methoxy groups -OCH3 is 2. The van der Waals surface area contributed by atoms with Gasteiger partial charge in [0.15, 0.2) is 0 Å². The molecule has 0 saturated heterocycles. The molecule has 0 fully saturated rings. The molecule has 0 radical (unpaired) electrons. The normalized spacial score (nSPS) is 10.3. The van der Waals surface area contributed by atoms with Gasteiger partial charge in [0.25, 0.3) is 0 Å². The minimum Gasteiger partial charge on any atom is -0.497 e. The van der Waals surface area contributed by atoms with Gasteiger partial charge < -0.3 is 19.1 Å². The van der Waals surface area contributed by atoms with Crippen molar-refractivity contribution in [3.05, 3.63) is 53.1 Å². The molecule has 0 aliphatic carbocycles. The van der Waals surface area contributed by atoms with Gasteiger partial charge in [-0.15, -0.1) is 0 Å². The Balaban J connectivity index is 1.77. The summed E-state index contributed by atoms with van der Waals surface area (Å²) in [6, 6.07) is 12.8. The molecule has 0 heterocycles. The molecular weight excluding hydrogens is 354 g/mol. The number of carbonyl (C=O) groups is 1. The van der Waals surface area contributed by atoms with Crippen LogP contribution in [0.1, 0.15) is 18.4 Å². The third-order valence-corrected chi connectivity index (χ3v) is 4.17. The van der Waals surface area contributed by atoms with Gasteiger partial charge in [0.05, 0.1) is 20.8 Å². The molecule has 0 saturated carbocycles. The lowest BCUT2D eigenvalue weighted by atomic mass is 10.2. The van der Waals surface area contributed by atoms with Crippen LogP contribution in [0, 0.1) is 0 Å². The molecule has 0 bridgehead atoms. The molecule has 0 unspecified atom stereocenters. The fraction of sp³-hybridized carbons (Fsp3) is 0.350. The molecule has 5 nitrogen and oxygen atoms in total. The van der Waals surface area contributed by atoms with Crippen molar-refractivity contribution in [1.82, 2.24) is 4.90 Å². The van der Waals surface area contributed by atoms with Gasteiger partial charge in [-0.2, -0.15) is 0 Å². The fourth-order valence-corrected chi connectivity index (χ4v) is 2.69. The third-order valence-electron chi connectivity index (χ3n) is 3.94. The molecular formula is C20H24ClNO4. The van der Waals surface area contributed by atoms with Crippen LogP contribution in [0.2, 0.25) is 5.02 Å². The van der Waals surface area contributed by atoms with E-state index >= 15 is 0 Å². The zero-order valence-corrected chi connectivity index (χ0v) is 16.1. The number of benzene rings is 2. The van der Waals surface area contributed by atoms with Crippen LogP contribution in [0.15, 0.2) is 42.5 Å². The Kier molecular flexibility index (Phi) is 7.60. The SMILES string of the molecule is COc1ccc(OCCCC(=O)N(C)Cc2cc(Cl)ccc2OC)cc1. The number of hydrogen-bond donors (Lipinski definition) is 0. The molecule has 0 aromatic heterocycles. The van der Waals surface area contributed by atoms with Crippen LogP contribution in [0.4, 0.5) is 0 Å². The summed E-state index contributed by atoms with van der Waals surface area (Å²) in [4.78, 5) is 14.0.